The summed E-state index contributed by atoms with van der Waals surface area (Å²) in [4.78, 5) is 4.00. The van der Waals surface area contributed by atoms with E-state index in [1.807, 2.05) is 0 Å². The summed E-state index contributed by atoms with van der Waals surface area (Å²) < 4.78 is 13.4. The Kier molecular flexibility index (Phi) is 4.06. The van der Waals surface area contributed by atoms with E-state index in [-0.39, 0.29) is 11.5 Å². The number of nitrogens with zero attached hydrogens (tertiary/aromatic N) is 1. The lowest BCUT2D eigenvalue weighted by Crippen LogP contribution is -2.16. The van der Waals surface area contributed by atoms with Crippen molar-refractivity contribution in [1.29, 1.82) is 0 Å². The van der Waals surface area contributed by atoms with Crippen LogP contribution in [-0.2, 0) is 5.33 Å². The predicted octanol–water partition coefficient (Wildman–Crippen LogP) is 3.34. The van der Waals surface area contributed by atoms with Crippen molar-refractivity contribution in [3.63, 3.8) is 0 Å². The molecule has 0 aliphatic rings. The summed E-state index contributed by atoms with van der Waals surface area (Å²) >= 11 is 3.25. The molecule has 4 heteroatoms. The van der Waals surface area contributed by atoms with Gasteiger partial charge in [-0.05, 0) is 11.6 Å². The number of aromatic nitrogens is 1. The second-order valence-corrected chi connectivity index (χ2v) is 9.62. The predicted molar refractivity (Wildman–Crippen MR) is 67.1 cm³/mol. The van der Waals surface area contributed by atoms with Gasteiger partial charge in [0.1, 0.15) is 13.8 Å². The van der Waals surface area contributed by atoms with E-state index < -0.39 is 8.07 Å². The number of alkyl halides is 1. The summed E-state index contributed by atoms with van der Waals surface area (Å²) in [6, 6.07) is 1.47. The van der Waals surface area contributed by atoms with Crippen LogP contribution in [0.5, 0.6) is 0 Å². The van der Waals surface area contributed by atoms with Crippen molar-refractivity contribution in [2.24, 2.45) is 0 Å². The third-order valence-corrected chi connectivity index (χ3v) is 3.13. The van der Waals surface area contributed by atoms with E-state index in [0.29, 0.717) is 5.33 Å². The van der Waals surface area contributed by atoms with Gasteiger partial charge in [-0.3, -0.25) is 0 Å². The van der Waals surface area contributed by atoms with Crippen LogP contribution in [0.25, 0.3) is 0 Å². The summed E-state index contributed by atoms with van der Waals surface area (Å²) in [6.45, 7) is 6.35. The Hall–Kier alpha value is -0.663. The third-order valence-electron chi connectivity index (χ3n) is 1.61. The van der Waals surface area contributed by atoms with Crippen molar-refractivity contribution in [2.45, 2.75) is 25.0 Å². The molecule has 0 fully saturated rings. The van der Waals surface area contributed by atoms with Gasteiger partial charge in [-0.15, -0.1) is 5.54 Å². The SMILES string of the molecule is C[Si](C)(C)C#Cc1ncc(CBr)cc1F. The number of pyridine rings is 1. The van der Waals surface area contributed by atoms with Gasteiger partial charge in [0.15, 0.2) is 5.82 Å². The standard InChI is InChI=1S/C11H13BrFNSi/c1-15(2,3)5-4-11-10(13)6-9(7-12)8-14-11/h6,8H,7H2,1-3H3. The van der Waals surface area contributed by atoms with Crippen molar-refractivity contribution in [3.05, 3.63) is 29.3 Å². The Labute approximate surface area is 99.3 Å². The van der Waals surface area contributed by atoms with Gasteiger partial charge in [-0.2, -0.15) is 0 Å². The molecule has 0 saturated carbocycles. The van der Waals surface area contributed by atoms with E-state index in [1.54, 1.807) is 6.20 Å². The zero-order chi connectivity index (χ0) is 11.5. The van der Waals surface area contributed by atoms with Gasteiger partial charge in [0.05, 0.1) is 0 Å². The quantitative estimate of drug-likeness (QED) is 0.438. The largest absolute Gasteiger partial charge is 0.244 e. The molecule has 1 nitrogen and oxygen atoms in total. The lowest BCUT2D eigenvalue weighted by Gasteiger charge is -2.03. The Morgan fingerprint density at radius 2 is 2.13 bits per heavy atom. The molecule has 0 unspecified atom stereocenters. The molecule has 0 atom stereocenters. The molecular formula is C11H13BrFNSi. The van der Waals surface area contributed by atoms with Crippen molar-refractivity contribution in [2.75, 3.05) is 0 Å². The van der Waals surface area contributed by atoms with E-state index >= 15 is 0 Å². The third kappa shape index (κ3) is 4.14. The average Bonchev–Trinajstić information content (AvgIpc) is 2.14. The van der Waals surface area contributed by atoms with Crippen molar-refractivity contribution in [1.82, 2.24) is 4.98 Å². The second-order valence-electron chi connectivity index (χ2n) is 4.31. The minimum Gasteiger partial charge on any atom is -0.244 e. The molecule has 0 radical (unpaired) electrons. The Morgan fingerprint density at radius 1 is 1.47 bits per heavy atom. The van der Waals surface area contributed by atoms with Crippen molar-refractivity contribution >= 4 is 24.0 Å². The summed E-state index contributed by atoms with van der Waals surface area (Å²) in [7, 11) is -1.46. The smallest absolute Gasteiger partial charge is 0.157 e. The zero-order valence-corrected chi connectivity index (χ0v) is 11.7. The normalized spacial score (nSPS) is 10.7. The number of halogens is 2. The molecule has 0 N–H and O–H groups in total. The van der Waals surface area contributed by atoms with Gasteiger partial charge in [0.2, 0.25) is 0 Å². The minimum absolute atomic E-state index is 0.252. The van der Waals surface area contributed by atoms with E-state index in [0.717, 1.165) is 5.56 Å². The van der Waals surface area contributed by atoms with Crippen LogP contribution in [0.3, 0.4) is 0 Å². The Bertz CT molecular complexity index is 415. The van der Waals surface area contributed by atoms with E-state index in [4.69, 9.17) is 0 Å². The molecule has 1 aromatic rings. The first-order valence-electron chi connectivity index (χ1n) is 4.66. The molecule has 1 aromatic heterocycles. The van der Waals surface area contributed by atoms with Crippen LogP contribution >= 0.6 is 15.9 Å². The van der Waals surface area contributed by atoms with Gasteiger partial charge in [0.25, 0.3) is 0 Å². The monoisotopic (exact) mass is 285 g/mol. The van der Waals surface area contributed by atoms with Crippen molar-refractivity contribution in [3.8, 4) is 11.5 Å². The van der Waals surface area contributed by atoms with Crippen LogP contribution < -0.4 is 0 Å². The zero-order valence-electron chi connectivity index (χ0n) is 9.06. The average molecular weight is 286 g/mol. The first kappa shape index (κ1) is 12.4. The molecule has 0 aromatic carbocycles. The van der Waals surface area contributed by atoms with Crippen molar-refractivity contribution < 1.29 is 4.39 Å². The maximum Gasteiger partial charge on any atom is 0.157 e. The fraction of sp³-hybridized carbons (Fsp3) is 0.364. The maximum absolute atomic E-state index is 13.4. The van der Waals surface area contributed by atoms with E-state index in [2.05, 4.69) is 52.0 Å². The van der Waals surface area contributed by atoms with Gasteiger partial charge >= 0.3 is 0 Å². The van der Waals surface area contributed by atoms with E-state index in [1.165, 1.54) is 6.07 Å². The Balaban J connectivity index is 3.01. The number of rotatable bonds is 1. The molecule has 80 valence electrons. The number of hydrogen-bond acceptors (Lipinski definition) is 1. The summed E-state index contributed by atoms with van der Waals surface area (Å²) in [5.74, 6) is 2.48. The second kappa shape index (κ2) is 4.91. The van der Waals surface area contributed by atoms with E-state index in [9.17, 15) is 4.39 Å². The first-order chi connectivity index (χ1) is 6.92. The molecule has 0 aliphatic carbocycles. The first-order valence-corrected chi connectivity index (χ1v) is 9.28. The molecule has 0 aliphatic heterocycles. The highest BCUT2D eigenvalue weighted by Crippen LogP contribution is 2.09. The molecule has 1 heterocycles. The maximum atomic E-state index is 13.4. The summed E-state index contributed by atoms with van der Waals surface area (Å²) in [5.41, 5.74) is 4.17. The van der Waals surface area contributed by atoms with Gasteiger partial charge in [0, 0.05) is 11.5 Å². The fourth-order valence-electron chi connectivity index (χ4n) is 0.889. The molecule has 0 spiro atoms. The highest BCUT2D eigenvalue weighted by molar-refractivity contribution is 9.08. The fourth-order valence-corrected chi connectivity index (χ4v) is 1.69. The molecular weight excluding hydrogens is 273 g/mol. The van der Waals surface area contributed by atoms with Crippen LogP contribution in [0.15, 0.2) is 12.3 Å². The van der Waals surface area contributed by atoms with Crippen LogP contribution in [0.4, 0.5) is 4.39 Å². The molecule has 0 bridgehead atoms. The van der Waals surface area contributed by atoms with Gasteiger partial charge in [-0.1, -0.05) is 41.5 Å². The Morgan fingerprint density at radius 3 is 2.60 bits per heavy atom. The van der Waals surface area contributed by atoms with Crippen LogP contribution in [0, 0.1) is 17.3 Å². The number of hydrogen-bond donors (Lipinski definition) is 0. The molecule has 0 amide bonds. The van der Waals surface area contributed by atoms with Crippen LogP contribution in [0.2, 0.25) is 19.6 Å². The minimum atomic E-state index is -1.46. The van der Waals surface area contributed by atoms with Crippen LogP contribution in [-0.4, -0.2) is 13.1 Å². The topological polar surface area (TPSA) is 12.9 Å². The van der Waals surface area contributed by atoms with Gasteiger partial charge < -0.3 is 0 Å². The van der Waals surface area contributed by atoms with Gasteiger partial charge in [-0.25, -0.2) is 9.37 Å². The van der Waals surface area contributed by atoms with Crippen LogP contribution in [0.1, 0.15) is 11.3 Å². The lowest BCUT2D eigenvalue weighted by atomic mass is 10.2. The highest BCUT2D eigenvalue weighted by Gasteiger charge is 2.08. The molecule has 15 heavy (non-hydrogen) atoms. The highest BCUT2D eigenvalue weighted by atomic mass is 79.9. The summed E-state index contributed by atoms with van der Waals surface area (Å²) in [5, 5.41) is 0.610. The molecule has 1 rings (SSSR count). The summed E-state index contributed by atoms with van der Waals surface area (Å²) in [6.07, 6.45) is 1.64. The molecule has 0 saturated heterocycles. The lowest BCUT2D eigenvalue weighted by molar-refractivity contribution is 0.615.